The van der Waals surface area contributed by atoms with Gasteiger partial charge >= 0.3 is 0 Å². The molecule has 2 rings (SSSR count). The number of benzene rings is 1. The number of nitrogens with zero attached hydrogens (tertiary/aromatic N) is 2. The average molecular weight is 299 g/mol. The quantitative estimate of drug-likeness (QED) is 0.855. The normalized spacial score (nSPS) is 10.3. The highest BCUT2D eigenvalue weighted by molar-refractivity contribution is 5.93. The molecule has 2 aromatic rings. The molecule has 0 atom stereocenters. The molecule has 5 nitrogen and oxygen atoms in total. The molecule has 0 spiro atoms. The van der Waals surface area contributed by atoms with Crippen LogP contribution in [0, 0.1) is 0 Å². The Hall–Kier alpha value is -2.40. The average Bonchev–Trinajstić information content (AvgIpc) is 2.55. The van der Waals surface area contributed by atoms with Gasteiger partial charge in [-0.1, -0.05) is 24.3 Å². The summed E-state index contributed by atoms with van der Waals surface area (Å²) < 4.78 is 0. The van der Waals surface area contributed by atoms with Crippen molar-refractivity contribution in [3.63, 3.8) is 0 Å². The van der Waals surface area contributed by atoms with Crippen LogP contribution in [0.5, 0.6) is 0 Å². The van der Waals surface area contributed by atoms with E-state index >= 15 is 0 Å². The maximum atomic E-state index is 11.8. The van der Waals surface area contributed by atoms with E-state index in [4.69, 9.17) is 5.11 Å². The van der Waals surface area contributed by atoms with Crippen LogP contribution in [0.2, 0.25) is 0 Å². The number of amides is 1. The minimum atomic E-state index is -0.0528. The molecule has 2 N–H and O–H groups in total. The van der Waals surface area contributed by atoms with E-state index in [1.54, 1.807) is 26.4 Å². The number of hydrogen-bond acceptors (Lipinski definition) is 4. The molecule has 0 unspecified atom stereocenters. The van der Waals surface area contributed by atoms with Crippen molar-refractivity contribution in [1.29, 1.82) is 0 Å². The molecular formula is C17H21N3O2. The summed E-state index contributed by atoms with van der Waals surface area (Å²) in [5, 5.41) is 12.2. The molecule has 0 saturated carbocycles. The third-order valence-electron chi connectivity index (χ3n) is 3.34. The molecule has 0 saturated heterocycles. The number of hydrogen-bond donors (Lipinski definition) is 2. The van der Waals surface area contributed by atoms with Crippen molar-refractivity contribution in [2.75, 3.05) is 26.0 Å². The van der Waals surface area contributed by atoms with Crippen LogP contribution in [0.15, 0.2) is 42.6 Å². The van der Waals surface area contributed by atoms with E-state index in [0.29, 0.717) is 5.56 Å². The fourth-order valence-electron chi connectivity index (χ4n) is 2.03. The Morgan fingerprint density at radius 2 is 1.82 bits per heavy atom. The Balaban J connectivity index is 1.85. The van der Waals surface area contributed by atoms with Gasteiger partial charge in [-0.3, -0.25) is 4.79 Å². The molecule has 0 bridgehead atoms. The summed E-state index contributed by atoms with van der Waals surface area (Å²) in [6.07, 6.45) is 2.45. The van der Waals surface area contributed by atoms with Crippen molar-refractivity contribution in [2.45, 2.75) is 13.0 Å². The summed E-state index contributed by atoms with van der Waals surface area (Å²) in [6, 6.07) is 11.5. The van der Waals surface area contributed by atoms with E-state index in [0.717, 1.165) is 24.3 Å². The van der Waals surface area contributed by atoms with Gasteiger partial charge in [0.25, 0.3) is 5.91 Å². The van der Waals surface area contributed by atoms with E-state index in [2.05, 4.69) is 10.3 Å². The number of nitrogens with one attached hydrogen (secondary N) is 1. The SMILES string of the molecule is CN(C)C(=O)c1ccc(NCCc2ccc(CO)cc2)nc1. The second-order valence-electron chi connectivity index (χ2n) is 5.28. The van der Waals surface area contributed by atoms with Crippen LogP contribution in [0.1, 0.15) is 21.5 Å². The van der Waals surface area contributed by atoms with E-state index in [1.807, 2.05) is 30.3 Å². The topological polar surface area (TPSA) is 65.5 Å². The van der Waals surface area contributed by atoms with Crippen LogP contribution in [-0.2, 0) is 13.0 Å². The molecule has 0 aliphatic heterocycles. The van der Waals surface area contributed by atoms with Gasteiger partial charge in [0.2, 0.25) is 0 Å². The number of pyridine rings is 1. The lowest BCUT2D eigenvalue weighted by Gasteiger charge is -2.10. The van der Waals surface area contributed by atoms with Crippen LogP contribution in [-0.4, -0.2) is 41.5 Å². The second kappa shape index (κ2) is 7.56. The van der Waals surface area contributed by atoms with E-state index in [9.17, 15) is 4.79 Å². The number of aliphatic hydroxyl groups excluding tert-OH is 1. The lowest BCUT2D eigenvalue weighted by molar-refractivity contribution is 0.0827. The van der Waals surface area contributed by atoms with Crippen molar-refractivity contribution in [3.8, 4) is 0 Å². The van der Waals surface area contributed by atoms with E-state index < -0.39 is 0 Å². The Labute approximate surface area is 130 Å². The molecular weight excluding hydrogens is 278 g/mol. The van der Waals surface area contributed by atoms with Gasteiger partial charge in [-0.2, -0.15) is 0 Å². The third-order valence-corrected chi connectivity index (χ3v) is 3.34. The van der Waals surface area contributed by atoms with Crippen molar-refractivity contribution in [2.24, 2.45) is 0 Å². The van der Waals surface area contributed by atoms with Crippen LogP contribution in [0.3, 0.4) is 0 Å². The lowest BCUT2D eigenvalue weighted by atomic mass is 10.1. The highest BCUT2D eigenvalue weighted by Crippen LogP contribution is 2.08. The zero-order valence-electron chi connectivity index (χ0n) is 12.9. The number of aliphatic hydroxyl groups is 1. The lowest BCUT2D eigenvalue weighted by Crippen LogP contribution is -2.21. The third kappa shape index (κ3) is 4.30. The minimum absolute atomic E-state index is 0.0528. The molecule has 1 aromatic heterocycles. The van der Waals surface area contributed by atoms with Gasteiger partial charge in [-0.25, -0.2) is 4.98 Å². The van der Waals surface area contributed by atoms with Crippen molar-refractivity contribution >= 4 is 11.7 Å². The van der Waals surface area contributed by atoms with E-state index in [1.165, 1.54) is 10.5 Å². The van der Waals surface area contributed by atoms with Crippen molar-refractivity contribution in [3.05, 3.63) is 59.3 Å². The zero-order valence-corrected chi connectivity index (χ0v) is 12.9. The van der Waals surface area contributed by atoms with Gasteiger partial charge in [-0.15, -0.1) is 0 Å². The predicted octanol–water partition coefficient (Wildman–Crippen LogP) is 1.93. The van der Waals surface area contributed by atoms with Gasteiger partial charge < -0.3 is 15.3 Å². The molecule has 0 fully saturated rings. The summed E-state index contributed by atoms with van der Waals surface area (Å²) in [6.45, 7) is 0.826. The first-order chi connectivity index (χ1) is 10.6. The predicted molar refractivity (Wildman–Crippen MR) is 86.8 cm³/mol. The minimum Gasteiger partial charge on any atom is -0.392 e. The highest BCUT2D eigenvalue weighted by Gasteiger charge is 2.07. The molecule has 5 heteroatoms. The van der Waals surface area contributed by atoms with Gasteiger partial charge in [0, 0.05) is 26.8 Å². The summed E-state index contributed by atoms with van der Waals surface area (Å²) >= 11 is 0. The number of rotatable bonds is 6. The first-order valence-electron chi connectivity index (χ1n) is 7.20. The molecule has 0 radical (unpaired) electrons. The Morgan fingerprint density at radius 3 is 2.36 bits per heavy atom. The zero-order chi connectivity index (χ0) is 15.9. The molecule has 0 aliphatic rings. The Bertz CT molecular complexity index is 607. The monoisotopic (exact) mass is 299 g/mol. The summed E-state index contributed by atoms with van der Waals surface area (Å²) in [7, 11) is 3.44. The first kappa shape index (κ1) is 16.0. The number of carbonyl (C=O) groups is 1. The maximum Gasteiger partial charge on any atom is 0.254 e. The molecule has 22 heavy (non-hydrogen) atoms. The van der Waals surface area contributed by atoms with Gasteiger partial charge in [0.05, 0.1) is 12.2 Å². The van der Waals surface area contributed by atoms with Crippen LogP contribution < -0.4 is 5.32 Å². The number of anilines is 1. The van der Waals surface area contributed by atoms with Crippen LogP contribution >= 0.6 is 0 Å². The summed E-state index contributed by atoms with van der Waals surface area (Å²) in [5.74, 6) is 0.699. The second-order valence-corrected chi connectivity index (χ2v) is 5.28. The molecule has 0 aliphatic carbocycles. The summed E-state index contributed by atoms with van der Waals surface area (Å²) in [5.41, 5.74) is 2.69. The fourth-order valence-corrected chi connectivity index (χ4v) is 2.03. The molecule has 116 valence electrons. The van der Waals surface area contributed by atoms with E-state index in [-0.39, 0.29) is 12.5 Å². The number of aromatic nitrogens is 1. The van der Waals surface area contributed by atoms with Gasteiger partial charge in [-0.05, 0) is 29.7 Å². The Morgan fingerprint density at radius 1 is 1.14 bits per heavy atom. The maximum absolute atomic E-state index is 11.8. The standard InChI is InChI=1S/C17H21N3O2/c1-20(2)17(22)15-7-8-16(19-11-15)18-10-9-13-3-5-14(12-21)6-4-13/h3-8,11,21H,9-10,12H2,1-2H3,(H,18,19). The highest BCUT2D eigenvalue weighted by atomic mass is 16.3. The molecule has 1 aromatic carbocycles. The Kier molecular flexibility index (Phi) is 5.49. The van der Waals surface area contributed by atoms with Crippen LogP contribution in [0.4, 0.5) is 5.82 Å². The molecule has 1 amide bonds. The fraction of sp³-hybridized carbons (Fsp3) is 0.294. The summed E-state index contributed by atoms with van der Waals surface area (Å²) in [4.78, 5) is 17.5. The van der Waals surface area contributed by atoms with Crippen molar-refractivity contribution < 1.29 is 9.90 Å². The first-order valence-corrected chi connectivity index (χ1v) is 7.20. The largest absolute Gasteiger partial charge is 0.392 e. The number of carbonyl (C=O) groups excluding carboxylic acids is 1. The van der Waals surface area contributed by atoms with Gasteiger partial charge in [0.1, 0.15) is 5.82 Å². The smallest absolute Gasteiger partial charge is 0.254 e. The van der Waals surface area contributed by atoms with Crippen LogP contribution in [0.25, 0.3) is 0 Å². The van der Waals surface area contributed by atoms with Gasteiger partial charge in [0.15, 0.2) is 0 Å². The molecule has 1 heterocycles. The van der Waals surface area contributed by atoms with Crippen molar-refractivity contribution in [1.82, 2.24) is 9.88 Å².